The average Bonchev–Trinajstić information content (AvgIpc) is 2.83. The molecule has 1 aromatic carbocycles. The van der Waals surface area contributed by atoms with Crippen LogP contribution in [0.5, 0.6) is 0 Å². The summed E-state index contributed by atoms with van der Waals surface area (Å²) in [4.78, 5) is 31.7. The molecule has 0 atom stereocenters. The summed E-state index contributed by atoms with van der Waals surface area (Å²) in [7, 11) is -15.5. The number of hydrogen-bond acceptors (Lipinski definition) is 15. The van der Waals surface area contributed by atoms with Crippen LogP contribution in [0, 0.1) is 0 Å². The maximum Gasteiger partial charge on any atom is 0.374 e. The summed E-state index contributed by atoms with van der Waals surface area (Å²) in [5.74, 6) is -7.02. The zero-order chi connectivity index (χ0) is 30.2. The van der Waals surface area contributed by atoms with Gasteiger partial charge in [-0.15, -0.1) is 0 Å². The third-order valence-electron chi connectivity index (χ3n) is 3.86. The van der Waals surface area contributed by atoms with Crippen LogP contribution in [-0.4, -0.2) is 63.0 Å². The predicted molar refractivity (Wildman–Crippen MR) is 129 cm³/mol. The zero-order valence-electron chi connectivity index (χ0n) is 20.8. The molecule has 15 nitrogen and oxygen atoms in total. The van der Waals surface area contributed by atoms with Crippen molar-refractivity contribution in [1.82, 2.24) is 0 Å². The first kappa shape index (κ1) is 33.1. The summed E-state index contributed by atoms with van der Waals surface area (Å²) in [6.45, 7) is 12.9. The van der Waals surface area contributed by atoms with Gasteiger partial charge in [-0.25, -0.2) is 14.4 Å². The van der Waals surface area contributed by atoms with Crippen LogP contribution in [0.15, 0.2) is 69.9 Å². The number of esters is 3. The SMILES string of the molecule is C=C(OS(=O)(=O)c1cc(S(=O)(=O)OC(=C)C(=O)OCC)cc(S(=O)(=O)OC(=C)C(=O)OCC)c1)C(=O)OCC. The van der Waals surface area contributed by atoms with E-state index in [1.165, 1.54) is 20.8 Å². The minimum Gasteiger partial charge on any atom is -0.460 e. The zero-order valence-corrected chi connectivity index (χ0v) is 23.3. The monoisotopic (exact) mass is 612 g/mol. The quantitative estimate of drug-likeness (QED) is 0.0890. The molecule has 0 aliphatic rings. The van der Waals surface area contributed by atoms with Crippen LogP contribution in [0.1, 0.15) is 20.8 Å². The van der Waals surface area contributed by atoms with E-state index < -0.39 is 80.2 Å². The lowest BCUT2D eigenvalue weighted by Crippen LogP contribution is -2.18. The first-order valence-electron chi connectivity index (χ1n) is 10.5. The number of carbonyl (C=O) groups excluding carboxylic acids is 3. The fourth-order valence-corrected chi connectivity index (χ4v) is 5.40. The van der Waals surface area contributed by atoms with E-state index in [-0.39, 0.29) is 19.8 Å². The molecule has 0 aliphatic carbocycles. The van der Waals surface area contributed by atoms with Crippen molar-refractivity contribution in [2.45, 2.75) is 35.5 Å². The third kappa shape index (κ3) is 9.11. The summed E-state index contributed by atoms with van der Waals surface area (Å²) in [5, 5.41) is 0. The molecular weight excluding hydrogens is 588 g/mol. The van der Waals surface area contributed by atoms with Crippen LogP contribution in [0.2, 0.25) is 0 Å². The van der Waals surface area contributed by atoms with Gasteiger partial charge in [0.1, 0.15) is 14.7 Å². The molecule has 0 saturated heterocycles. The first-order chi connectivity index (χ1) is 17.9. The van der Waals surface area contributed by atoms with Gasteiger partial charge < -0.3 is 26.8 Å². The van der Waals surface area contributed by atoms with Gasteiger partial charge in [0.25, 0.3) is 0 Å². The van der Waals surface area contributed by atoms with Crippen molar-refractivity contribution in [3.63, 3.8) is 0 Å². The highest BCUT2D eigenvalue weighted by molar-refractivity contribution is 7.88. The molecule has 39 heavy (non-hydrogen) atoms. The van der Waals surface area contributed by atoms with Gasteiger partial charge >= 0.3 is 48.3 Å². The van der Waals surface area contributed by atoms with E-state index in [1.807, 2.05) is 0 Å². The molecule has 0 spiro atoms. The van der Waals surface area contributed by atoms with Gasteiger partial charge in [0.2, 0.25) is 17.3 Å². The maximum atomic E-state index is 12.8. The van der Waals surface area contributed by atoms with Crippen LogP contribution in [-0.2, 0) is 71.5 Å². The summed E-state index contributed by atoms with van der Waals surface area (Å²) >= 11 is 0. The highest BCUT2D eigenvalue weighted by Crippen LogP contribution is 2.28. The van der Waals surface area contributed by atoms with Crippen molar-refractivity contribution >= 4 is 48.3 Å². The van der Waals surface area contributed by atoms with E-state index in [0.29, 0.717) is 18.2 Å². The Morgan fingerprint density at radius 3 is 0.923 bits per heavy atom. The number of carbonyl (C=O) groups is 3. The standard InChI is InChI=1S/C21H24O15S3/c1-7-31-19(22)13(4)34-37(25,26)16-10-17(38(27,28)35-14(5)20(23)32-8-2)12-18(11-16)39(29,30)36-15(6)21(24)33-9-3/h10-12H,4-9H2,1-3H3. The molecule has 1 aromatic rings. The number of ether oxygens (including phenoxy) is 3. The fraction of sp³-hybridized carbons (Fsp3) is 0.286. The van der Waals surface area contributed by atoms with Crippen LogP contribution >= 0.6 is 0 Å². The lowest BCUT2D eigenvalue weighted by atomic mass is 10.4. The normalized spacial score (nSPS) is 11.5. The van der Waals surface area contributed by atoms with Crippen molar-refractivity contribution in [1.29, 1.82) is 0 Å². The van der Waals surface area contributed by atoms with E-state index >= 15 is 0 Å². The summed E-state index contributed by atoms with van der Waals surface area (Å²) in [5.41, 5.74) is 0. The molecule has 0 N–H and O–H groups in total. The molecule has 0 amide bonds. The van der Waals surface area contributed by atoms with Crippen LogP contribution in [0.3, 0.4) is 0 Å². The van der Waals surface area contributed by atoms with Crippen LogP contribution < -0.4 is 0 Å². The molecule has 18 heteroatoms. The highest BCUT2D eigenvalue weighted by Gasteiger charge is 2.32. The van der Waals surface area contributed by atoms with Gasteiger partial charge in [-0.3, -0.25) is 0 Å². The van der Waals surface area contributed by atoms with E-state index in [2.05, 4.69) is 46.5 Å². The molecule has 0 unspecified atom stereocenters. The smallest absolute Gasteiger partial charge is 0.374 e. The molecule has 0 bridgehead atoms. The number of hydrogen-bond donors (Lipinski definition) is 0. The van der Waals surface area contributed by atoms with Crippen molar-refractivity contribution in [2.24, 2.45) is 0 Å². The molecule has 0 aliphatic heterocycles. The average molecular weight is 613 g/mol. The van der Waals surface area contributed by atoms with Gasteiger partial charge in [-0.05, 0) is 58.7 Å². The Morgan fingerprint density at radius 1 is 0.538 bits per heavy atom. The Labute approximate surface area is 225 Å². The minimum atomic E-state index is -5.16. The Kier molecular flexibility index (Phi) is 11.3. The number of rotatable bonds is 15. The molecule has 1 rings (SSSR count). The minimum absolute atomic E-state index is 0.180. The fourth-order valence-electron chi connectivity index (χ4n) is 2.26. The molecule has 0 heterocycles. The second kappa shape index (κ2) is 13.3. The Morgan fingerprint density at radius 2 is 0.744 bits per heavy atom. The molecule has 0 saturated carbocycles. The van der Waals surface area contributed by atoms with Crippen molar-refractivity contribution in [2.75, 3.05) is 19.8 Å². The lowest BCUT2D eigenvalue weighted by Gasteiger charge is -2.14. The van der Waals surface area contributed by atoms with Crippen LogP contribution in [0.4, 0.5) is 0 Å². The summed E-state index contributed by atoms with van der Waals surface area (Å²) < 4.78 is 104. The summed E-state index contributed by atoms with van der Waals surface area (Å²) in [6.07, 6.45) is 0. The Hall–Kier alpha value is -3.90. The maximum absolute atomic E-state index is 12.8. The molecular formula is C21H24O15S3. The van der Waals surface area contributed by atoms with Gasteiger partial charge in [0.15, 0.2) is 0 Å². The van der Waals surface area contributed by atoms with Crippen molar-refractivity contribution in [3.8, 4) is 0 Å². The third-order valence-corrected chi connectivity index (χ3v) is 7.56. The highest BCUT2D eigenvalue weighted by atomic mass is 32.2. The second-order valence-electron chi connectivity index (χ2n) is 6.68. The van der Waals surface area contributed by atoms with Gasteiger partial charge in [-0.2, -0.15) is 25.3 Å². The Bertz CT molecular complexity index is 1310. The molecule has 216 valence electrons. The number of benzene rings is 1. The van der Waals surface area contributed by atoms with E-state index in [1.54, 1.807) is 0 Å². The van der Waals surface area contributed by atoms with Gasteiger partial charge in [0.05, 0.1) is 19.8 Å². The van der Waals surface area contributed by atoms with Crippen molar-refractivity contribution < 1.29 is 66.4 Å². The van der Waals surface area contributed by atoms with Crippen LogP contribution in [0.25, 0.3) is 0 Å². The first-order valence-corrected chi connectivity index (χ1v) is 14.7. The summed E-state index contributed by atoms with van der Waals surface area (Å²) in [6, 6.07) is 1.13. The van der Waals surface area contributed by atoms with E-state index in [0.717, 1.165) is 0 Å². The van der Waals surface area contributed by atoms with Gasteiger partial charge in [0, 0.05) is 0 Å². The topological polar surface area (TPSA) is 209 Å². The predicted octanol–water partition coefficient (Wildman–Crippen LogP) is 1.03. The van der Waals surface area contributed by atoms with E-state index in [9.17, 15) is 39.6 Å². The Balaban J connectivity index is 3.72. The van der Waals surface area contributed by atoms with E-state index in [4.69, 9.17) is 0 Å². The largest absolute Gasteiger partial charge is 0.460 e. The second-order valence-corrected chi connectivity index (χ2v) is 11.3. The van der Waals surface area contributed by atoms with Crippen molar-refractivity contribution in [3.05, 3.63) is 55.2 Å². The molecule has 0 aromatic heterocycles. The molecule has 0 radical (unpaired) electrons. The molecule has 0 fully saturated rings. The van der Waals surface area contributed by atoms with Gasteiger partial charge in [-0.1, -0.05) is 0 Å². The lowest BCUT2D eigenvalue weighted by molar-refractivity contribution is -0.141.